The molecule has 182 valence electrons. The summed E-state index contributed by atoms with van der Waals surface area (Å²) in [6.45, 7) is 6.72. The van der Waals surface area contributed by atoms with Gasteiger partial charge in [0, 0.05) is 23.7 Å². The van der Waals surface area contributed by atoms with Crippen LogP contribution in [-0.4, -0.2) is 50.9 Å². The van der Waals surface area contributed by atoms with Crippen molar-refractivity contribution >= 4 is 23.0 Å². The van der Waals surface area contributed by atoms with Crippen molar-refractivity contribution in [2.24, 2.45) is 21.4 Å². The first kappa shape index (κ1) is 26.4. The molecule has 1 amide bonds. The number of rotatable bonds is 12. The molecule has 2 rings (SSSR count). The Labute approximate surface area is 200 Å². The maximum Gasteiger partial charge on any atom is 0.273 e. The van der Waals surface area contributed by atoms with Crippen LogP contribution in [0.25, 0.3) is 0 Å². The summed E-state index contributed by atoms with van der Waals surface area (Å²) < 4.78 is 5.74. The zero-order chi connectivity index (χ0) is 24.9. The van der Waals surface area contributed by atoms with E-state index in [4.69, 9.17) is 19.2 Å². The fraction of sp³-hybridized carbons (Fsp3) is 0.360. The van der Waals surface area contributed by atoms with Crippen molar-refractivity contribution in [1.29, 1.82) is 0 Å². The molecule has 0 aromatic heterocycles. The van der Waals surface area contributed by atoms with Crippen molar-refractivity contribution in [1.82, 2.24) is 5.32 Å². The highest BCUT2D eigenvalue weighted by molar-refractivity contribution is 6.47. The molecular formula is C25H32N4O5. The second kappa shape index (κ2) is 13.6. The SMILES string of the molecule is CNC(=O)C(=NOC)c1ccccc1CON=C(C)C(=NOC)c1ccc(OCC(C)C)cc1. The topological polar surface area (TPSA) is 103 Å². The van der Waals surface area contributed by atoms with Crippen LogP contribution >= 0.6 is 0 Å². The van der Waals surface area contributed by atoms with Gasteiger partial charge in [0.15, 0.2) is 5.71 Å². The molecule has 0 aliphatic rings. The van der Waals surface area contributed by atoms with E-state index in [0.717, 1.165) is 16.9 Å². The fourth-order valence-electron chi connectivity index (χ4n) is 2.93. The molecule has 0 atom stereocenters. The molecule has 34 heavy (non-hydrogen) atoms. The number of carbonyl (C=O) groups is 1. The van der Waals surface area contributed by atoms with Gasteiger partial charge in [-0.05, 0) is 37.1 Å². The van der Waals surface area contributed by atoms with E-state index in [-0.39, 0.29) is 18.2 Å². The summed E-state index contributed by atoms with van der Waals surface area (Å²) in [4.78, 5) is 27.7. The van der Waals surface area contributed by atoms with Crippen molar-refractivity contribution in [3.63, 3.8) is 0 Å². The number of nitrogens with zero attached hydrogens (tertiary/aromatic N) is 3. The molecule has 0 saturated heterocycles. The van der Waals surface area contributed by atoms with Crippen LogP contribution in [0.2, 0.25) is 0 Å². The van der Waals surface area contributed by atoms with E-state index in [1.807, 2.05) is 36.4 Å². The van der Waals surface area contributed by atoms with E-state index in [1.165, 1.54) is 21.3 Å². The van der Waals surface area contributed by atoms with E-state index in [2.05, 4.69) is 34.6 Å². The van der Waals surface area contributed by atoms with Gasteiger partial charge in [0.1, 0.15) is 38.0 Å². The van der Waals surface area contributed by atoms with Gasteiger partial charge in [-0.3, -0.25) is 4.79 Å². The Hall–Kier alpha value is -3.88. The molecule has 0 unspecified atom stereocenters. The summed E-state index contributed by atoms with van der Waals surface area (Å²) in [6.07, 6.45) is 0. The van der Waals surface area contributed by atoms with Crippen molar-refractivity contribution in [3.05, 3.63) is 65.2 Å². The van der Waals surface area contributed by atoms with E-state index >= 15 is 0 Å². The van der Waals surface area contributed by atoms with Crippen molar-refractivity contribution in [2.45, 2.75) is 27.4 Å². The minimum absolute atomic E-state index is 0.107. The van der Waals surface area contributed by atoms with Crippen LogP contribution in [0.3, 0.4) is 0 Å². The van der Waals surface area contributed by atoms with Gasteiger partial charge in [-0.2, -0.15) is 0 Å². The largest absolute Gasteiger partial charge is 0.493 e. The molecular weight excluding hydrogens is 436 g/mol. The van der Waals surface area contributed by atoms with Crippen LogP contribution in [0, 0.1) is 5.92 Å². The average molecular weight is 469 g/mol. The first-order chi connectivity index (χ1) is 16.4. The lowest BCUT2D eigenvalue weighted by Gasteiger charge is -2.11. The summed E-state index contributed by atoms with van der Waals surface area (Å²) in [7, 11) is 4.38. The second-order valence-corrected chi connectivity index (χ2v) is 7.66. The Morgan fingerprint density at radius 2 is 1.59 bits per heavy atom. The number of likely N-dealkylation sites (N-methyl/N-ethyl adjacent to an activating group) is 1. The summed E-state index contributed by atoms with van der Waals surface area (Å²) in [6, 6.07) is 14.8. The van der Waals surface area contributed by atoms with Gasteiger partial charge < -0.3 is 24.6 Å². The number of carbonyl (C=O) groups excluding carboxylic acids is 1. The molecule has 0 fully saturated rings. The standard InChI is InChI=1S/C25H32N4O5/c1-17(2)15-33-21-13-11-19(12-14-21)23(28-31-5)18(3)27-34-16-20-9-7-8-10-22(20)24(29-32-6)25(30)26-4/h7-14,17H,15-16H2,1-6H3,(H,26,30). The minimum atomic E-state index is -0.371. The summed E-state index contributed by atoms with van der Waals surface area (Å²) in [5.74, 6) is 0.848. The normalized spacial score (nSPS) is 12.4. The predicted molar refractivity (Wildman–Crippen MR) is 132 cm³/mol. The molecule has 2 aromatic carbocycles. The molecule has 0 radical (unpaired) electrons. The number of hydrogen-bond donors (Lipinski definition) is 1. The lowest BCUT2D eigenvalue weighted by atomic mass is 10.0. The van der Waals surface area contributed by atoms with Crippen LogP contribution in [0.1, 0.15) is 37.5 Å². The minimum Gasteiger partial charge on any atom is -0.493 e. The van der Waals surface area contributed by atoms with Gasteiger partial charge in [-0.25, -0.2) is 0 Å². The van der Waals surface area contributed by atoms with Crippen LogP contribution in [0.5, 0.6) is 5.75 Å². The van der Waals surface area contributed by atoms with Gasteiger partial charge in [0.25, 0.3) is 5.91 Å². The highest BCUT2D eigenvalue weighted by Gasteiger charge is 2.17. The van der Waals surface area contributed by atoms with E-state index < -0.39 is 0 Å². The van der Waals surface area contributed by atoms with Crippen LogP contribution < -0.4 is 10.1 Å². The van der Waals surface area contributed by atoms with Crippen molar-refractivity contribution < 1.29 is 24.0 Å². The monoisotopic (exact) mass is 468 g/mol. The van der Waals surface area contributed by atoms with Crippen molar-refractivity contribution in [3.8, 4) is 5.75 Å². The first-order valence-electron chi connectivity index (χ1n) is 10.8. The Morgan fingerprint density at radius 3 is 2.21 bits per heavy atom. The number of amides is 1. The summed E-state index contributed by atoms with van der Waals surface area (Å²) >= 11 is 0. The molecule has 0 heterocycles. The summed E-state index contributed by atoms with van der Waals surface area (Å²) in [5.41, 5.74) is 3.30. The fourth-order valence-corrected chi connectivity index (χ4v) is 2.93. The van der Waals surface area contributed by atoms with Gasteiger partial charge in [-0.1, -0.05) is 53.6 Å². The van der Waals surface area contributed by atoms with Crippen LogP contribution in [0.15, 0.2) is 64.0 Å². The third-order valence-electron chi connectivity index (χ3n) is 4.56. The third kappa shape index (κ3) is 7.61. The Kier molecular flexibility index (Phi) is 10.6. The number of oxime groups is 3. The predicted octanol–water partition coefficient (Wildman–Crippen LogP) is 3.76. The van der Waals surface area contributed by atoms with Crippen LogP contribution in [-0.2, 0) is 25.9 Å². The molecule has 1 N–H and O–H groups in total. The molecule has 0 spiro atoms. The zero-order valence-electron chi connectivity index (χ0n) is 20.5. The Bertz CT molecular complexity index is 1030. The Morgan fingerprint density at radius 1 is 0.941 bits per heavy atom. The maximum atomic E-state index is 12.2. The smallest absolute Gasteiger partial charge is 0.273 e. The van der Waals surface area contributed by atoms with Crippen molar-refractivity contribution in [2.75, 3.05) is 27.9 Å². The van der Waals surface area contributed by atoms with Gasteiger partial charge in [0.2, 0.25) is 0 Å². The number of ether oxygens (including phenoxy) is 1. The summed E-state index contributed by atoms with van der Waals surface area (Å²) in [5, 5.41) is 14.7. The Balaban J connectivity index is 2.18. The van der Waals surface area contributed by atoms with Gasteiger partial charge >= 0.3 is 0 Å². The third-order valence-corrected chi connectivity index (χ3v) is 4.56. The lowest BCUT2D eigenvalue weighted by Crippen LogP contribution is -2.29. The van der Waals surface area contributed by atoms with E-state index in [0.29, 0.717) is 29.5 Å². The van der Waals surface area contributed by atoms with E-state index in [9.17, 15) is 4.79 Å². The van der Waals surface area contributed by atoms with Crippen LogP contribution in [0.4, 0.5) is 0 Å². The molecule has 9 nitrogen and oxygen atoms in total. The molecule has 0 aliphatic heterocycles. The van der Waals surface area contributed by atoms with Gasteiger partial charge in [0.05, 0.1) is 6.61 Å². The quantitative estimate of drug-likeness (QED) is 0.377. The highest BCUT2D eigenvalue weighted by atomic mass is 16.6. The first-order valence-corrected chi connectivity index (χ1v) is 10.8. The maximum absolute atomic E-state index is 12.2. The van der Waals surface area contributed by atoms with E-state index in [1.54, 1.807) is 19.1 Å². The molecule has 2 aromatic rings. The molecule has 0 aliphatic carbocycles. The molecule has 0 saturated carbocycles. The number of hydrogen-bond acceptors (Lipinski definition) is 8. The molecule has 9 heteroatoms. The second-order valence-electron chi connectivity index (χ2n) is 7.66. The highest BCUT2D eigenvalue weighted by Crippen LogP contribution is 2.16. The van der Waals surface area contributed by atoms with Gasteiger partial charge in [-0.15, -0.1) is 0 Å². The number of nitrogens with one attached hydrogen (secondary N) is 1. The lowest BCUT2D eigenvalue weighted by molar-refractivity contribution is -0.114. The number of benzene rings is 2. The zero-order valence-corrected chi connectivity index (χ0v) is 20.5. The molecule has 0 bridgehead atoms. The average Bonchev–Trinajstić information content (AvgIpc) is 2.85.